The Balaban J connectivity index is 1.71. The Bertz CT molecular complexity index is 1280. The van der Waals surface area contributed by atoms with Crippen LogP contribution in [-0.4, -0.2) is 48.9 Å². The monoisotopic (exact) mass is 634 g/mol. The highest BCUT2D eigenvalue weighted by atomic mass is 127. The number of nitrogens with zero attached hydrogens (tertiary/aromatic N) is 1. The van der Waals surface area contributed by atoms with Gasteiger partial charge in [-0.2, -0.15) is 4.98 Å². The van der Waals surface area contributed by atoms with Gasteiger partial charge in [-0.15, -0.1) is 0 Å². The van der Waals surface area contributed by atoms with E-state index in [1.807, 2.05) is 24.3 Å². The number of aliphatic hydroxyl groups is 1. The largest absolute Gasteiger partial charge is 0.439 e. The molecule has 1 aromatic heterocycles. The van der Waals surface area contributed by atoms with Gasteiger partial charge in [-0.25, -0.2) is 17.2 Å². The average Bonchev–Trinajstić information content (AvgIpc) is 3.26. The summed E-state index contributed by atoms with van der Waals surface area (Å²) in [5.74, 6) is -3.24. The Morgan fingerprint density at radius 1 is 1.17 bits per heavy atom. The highest BCUT2D eigenvalue weighted by Crippen LogP contribution is 2.14. The minimum absolute atomic E-state index is 0.0569. The van der Waals surface area contributed by atoms with Gasteiger partial charge in [-0.3, -0.25) is 9.52 Å². The Kier molecular flexibility index (Phi) is 9.76. The quantitative estimate of drug-likeness (QED) is 0.225. The minimum atomic E-state index is -3.63. The number of rotatable bonds is 12. The molecule has 2 atom stereocenters. The molecule has 0 aliphatic rings. The second-order valence-electron chi connectivity index (χ2n) is 7.93. The lowest BCUT2D eigenvalue weighted by atomic mass is 10.0. The summed E-state index contributed by atoms with van der Waals surface area (Å²) in [6, 6.07) is 9.71. The van der Waals surface area contributed by atoms with Crippen LogP contribution in [0.1, 0.15) is 28.7 Å². The zero-order valence-corrected chi connectivity index (χ0v) is 22.1. The number of carbonyl (C=O) groups is 1. The van der Waals surface area contributed by atoms with Crippen LogP contribution in [0.25, 0.3) is 0 Å². The van der Waals surface area contributed by atoms with Crippen molar-refractivity contribution >= 4 is 44.3 Å². The SMILES string of the molecule is CCS(=O)(=O)Nc1coc(C(=O)N[C@@H](Cc2cc(F)cc(F)c2)[C@@H](O)CNCc2cccc(I)c2)n1. The van der Waals surface area contributed by atoms with E-state index < -0.39 is 45.6 Å². The number of carbonyl (C=O) groups excluding carboxylic acids is 1. The first-order chi connectivity index (χ1) is 17.0. The van der Waals surface area contributed by atoms with Gasteiger partial charge in [0.1, 0.15) is 17.9 Å². The molecule has 0 aliphatic carbocycles. The van der Waals surface area contributed by atoms with Crippen molar-refractivity contribution < 1.29 is 31.5 Å². The first kappa shape index (κ1) is 28.0. The van der Waals surface area contributed by atoms with Gasteiger partial charge >= 0.3 is 5.91 Å². The van der Waals surface area contributed by atoms with Gasteiger partial charge in [0.15, 0.2) is 5.82 Å². The molecule has 0 saturated carbocycles. The molecular formula is C23H25F2IN4O5S. The van der Waals surface area contributed by atoms with Crippen LogP contribution in [0.15, 0.2) is 53.1 Å². The lowest BCUT2D eigenvalue weighted by Gasteiger charge is -2.24. The number of oxazole rings is 1. The molecule has 3 aromatic rings. The molecule has 0 saturated heterocycles. The Labute approximate surface area is 220 Å². The normalized spacial score (nSPS) is 13.2. The number of anilines is 1. The van der Waals surface area contributed by atoms with Crippen molar-refractivity contribution in [1.82, 2.24) is 15.6 Å². The first-order valence-electron chi connectivity index (χ1n) is 10.9. The summed E-state index contributed by atoms with van der Waals surface area (Å²) in [6.07, 6.45) is -0.281. The summed E-state index contributed by atoms with van der Waals surface area (Å²) in [5.41, 5.74) is 1.21. The Morgan fingerprint density at radius 3 is 2.56 bits per heavy atom. The Morgan fingerprint density at radius 2 is 1.89 bits per heavy atom. The number of aromatic nitrogens is 1. The van der Waals surface area contributed by atoms with Crippen LogP contribution >= 0.6 is 22.6 Å². The van der Waals surface area contributed by atoms with Crippen molar-refractivity contribution in [3.05, 3.63) is 80.9 Å². The molecule has 194 valence electrons. The van der Waals surface area contributed by atoms with Crippen LogP contribution in [0, 0.1) is 15.2 Å². The van der Waals surface area contributed by atoms with Crippen molar-refractivity contribution in [2.75, 3.05) is 17.0 Å². The van der Waals surface area contributed by atoms with Crippen LogP contribution < -0.4 is 15.4 Å². The predicted octanol–water partition coefficient (Wildman–Crippen LogP) is 2.81. The summed E-state index contributed by atoms with van der Waals surface area (Å²) >= 11 is 2.19. The molecule has 9 nitrogen and oxygen atoms in total. The molecule has 0 aliphatic heterocycles. The van der Waals surface area contributed by atoms with E-state index in [1.165, 1.54) is 6.92 Å². The summed E-state index contributed by atoms with van der Waals surface area (Å²) in [4.78, 5) is 16.6. The molecule has 0 fully saturated rings. The highest BCUT2D eigenvalue weighted by molar-refractivity contribution is 14.1. The van der Waals surface area contributed by atoms with Crippen molar-refractivity contribution in [2.45, 2.75) is 32.0 Å². The zero-order chi connectivity index (χ0) is 26.3. The molecule has 2 aromatic carbocycles. The highest BCUT2D eigenvalue weighted by Gasteiger charge is 2.25. The van der Waals surface area contributed by atoms with E-state index in [0.717, 1.165) is 33.6 Å². The van der Waals surface area contributed by atoms with Crippen molar-refractivity contribution in [1.29, 1.82) is 0 Å². The maximum Gasteiger partial charge on any atom is 0.307 e. The summed E-state index contributed by atoms with van der Waals surface area (Å²) in [5, 5.41) is 16.5. The van der Waals surface area contributed by atoms with Gasteiger partial charge in [0.2, 0.25) is 10.0 Å². The Hall–Kier alpha value is -2.62. The summed E-state index contributed by atoms with van der Waals surface area (Å²) in [7, 11) is -3.63. The van der Waals surface area contributed by atoms with Gasteiger partial charge in [0, 0.05) is 22.7 Å². The molecule has 0 radical (unpaired) electrons. The topological polar surface area (TPSA) is 134 Å². The molecule has 0 spiro atoms. The standard InChI is InChI=1S/C23H25F2IN4O5S/c1-2-36(33,34)30-21-13-35-23(29-21)22(32)28-19(9-15-6-16(24)10-17(25)7-15)20(31)12-27-11-14-4-3-5-18(26)8-14/h3-8,10,13,19-20,27,30-31H,2,9,11-12H2,1H3,(H,28,32)/t19-,20-/m0/s1. The molecule has 1 heterocycles. The number of aliphatic hydroxyl groups excluding tert-OH is 1. The van der Waals surface area contributed by atoms with Crippen LogP contribution in [0.3, 0.4) is 0 Å². The number of hydrogen-bond acceptors (Lipinski definition) is 7. The zero-order valence-electron chi connectivity index (χ0n) is 19.2. The number of hydrogen-bond donors (Lipinski definition) is 4. The number of benzene rings is 2. The second kappa shape index (κ2) is 12.6. The van der Waals surface area contributed by atoms with Gasteiger partial charge in [-0.05, 0) is 71.3 Å². The third kappa shape index (κ3) is 8.50. The summed E-state index contributed by atoms with van der Waals surface area (Å²) in [6.45, 7) is 1.94. The van der Waals surface area contributed by atoms with E-state index in [9.17, 15) is 27.1 Å². The molecule has 1 amide bonds. The van der Waals surface area contributed by atoms with E-state index in [4.69, 9.17) is 4.42 Å². The second-order valence-corrected chi connectivity index (χ2v) is 11.2. The van der Waals surface area contributed by atoms with Crippen LogP contribution in [0.4, 0.5) is 14.6 Å². The number of halogens is 3. The van der Waals surface area contributed by atoms with Crippen LogP contribution in [0.5, 0.6) is 0 Å². The molecule has 0 unspecified atom stereocenters. The molecule has 0 bridgehead atoms. The van der Waals surface area contributed by atoms with E-state index in [-0.39, 0.29) is 30.1 Å². The summed E-state index contributed by atoms with van der Waals surface area (Å²) < 4.78 is 59.1. The number of amides is 1. The predicted molar refractivity (Wildman–Crippen MR) is 138 cm³/mol. The molecule has 3 rings (SSSR count). The smallest absolute Gasteiger partial charge is 0.307 e. The van der Waals surface area contributed by atoms with E-state index >= 15 is 0 Å². The number of nitrogens with one attached hydrogen (secondary N) is 3. The van der Waals surface area contributed by atoms with Gasteiger partial charge in [0.05, 0.1) is 17.9 Å². The average molecular weight is 634 g/mol. The van der Waals surface area contributed by atoms with E-state index in [1.54, 1.807) is 0 Å². The molecule has 4 N–H and O–H groups in total. The van der Waals surface area contributed by atoms with E-state index in [2.05, 4.69) is 42.9 Å². The van der Waals surface area contributed by atoms with Crippen molar-refractivity contribution in [3.8, 4) is 0 Å². The van der Waals surface area contributed by atoms with Crippen molar-refractivity contribution in [3.63, 3.8) is 0 Å². The van der Waals surface area contributed by atoms with Gasteiger partial charge in [0.25, 0.3) is 5.89 Å². The lowest BCUT2D eigenvalue weighted by molar-refractivity contribution is 0.0798. The lowest BCUT2D eigenvalue weighted by Crippen LogP contribution is -2.48. The minimum Gasteiger partial charge on any atom is -0.439 e. The van der Waals surface area contributed by atoms with Crippen LogP contribution in [-0.2, 0) is 23.0 Å². The molecule has 13 heteroatoms. The van der Waals surface area contributed by atoms with Gasteiger partial charge in [-0.1, -0.05) is 12.1 Å². The third-order valence-corrected chi connectivity index (χ3v) is 7.02. The van der Waals surface area contributed by atoms with Gasteiger partial charge < -0.3 is 20.2 Å². The fraction of sp³-hybridized carbons (Fsp3) is 0.304. The maximum atomic E-state index is 13.7. The maximum absolute atomic E-state index is 13.7. The molecule has 36 heavy (non-hydrogen) atoms. The fourth-order valence-electron chi connectivity index (χ4n) is 3.31. The number of sulfonamides is 1. The van der Waals surface area contributed by atoms with Crippen LogP contribution in [0.2, 0.25) is 0 Å². The van der Waals surface area contributed by atoms with E-state index in [0.29, 0.717) is 6.54 Å². The fourth-order valence-corrected chi connectivity index (χ4v) is 4.47. The molecular weight excluding hydrogens is 609 g/mol. The first-order valence-corrected chi connectivity index (χ1v) is 13.6. The van der Waals surface area contributed by atoms with Crippen molar-refractivity contribution in [2.24, 2.45) is 0 Å². The third-order valence-electron chi connectivity index (χ3n) is 5.07.